The molecule has 3 nitrogen and oxygen atoms in total. The normalized spacial score (nSPS) is 11.5. The first kappa shape index (κ1) is 11.1. The molecule has 0 aliphatic rings. The summed E-state index contributed by atoms with van der Waals surface area (Å²) in [5.74, 6) is 0. The summed E-state index contributed by atoms with van der Waals surface area (Å²) < 4.78 is 2.24. The van der Waals surface area contributed by atoms with Crippen molar-refractivity contribution >= 4 is 11.0 Å². The van der Waals surface area contributed by atoms with Crippen LogP contribution in [0.25, 0.3) is 11.0 Å². The van der Waals surface area contributed by atoms with Gasteiger partial charge in [0.25, 0.3) is 0 Å². The Kier molecular flexibility index (Phi) is 3.25. The second kappa shape index (κ2) is 4.66. The Balaban J connectivity index is 2.15. The number of hydrogen-bond donors (Lipinski definition) is 0. The molecule has 86 valence electrons. The Morgan fingerprint density at radius 3 is 2.88 bits per heavy atom. The first-order valence-corrected chi connectivity index (χ1v) is 5.73. The van der Waals surface area contributed by atoms with Crippen LogP contribution >= 0.6 is 0 Å². The molecule has 1 aromatic carbocycles. The molecule has 0 spiro atoms. The SMILES string of the molecule is Cc1ccc2ncn(CCCN(C)C)c2c1. The first-order valence-electron chi connectivity index (χ1n) is 5.73. The fraction of sp³-hybridized carbons (Fsp3) is 0.462. The average Bonchev–Trinajstić information content (AvgIpc) is 2.60. The fourth-order valence-corrected chi connectivity index (χ4v) is 1.90. The summed E-state index contributed by atoms with van der Waals surface area (Å²) in [6.45, 7) is 4.28. The molecular formula is C13H19N3. The Morgan fingerprint density at radius 2 is 2.12 bits per heavy atom. The lowest BCUT2D eigenvalue weighted by Gasteiger charge is -2.10. The molecular weight excluding hydrogens is 198 g/mol. The van der Waals surface area contributed by atoms with Crippen molar-refractivity contribution in [2.75, 3.05) is 20.6 Å². The summed E-state index contributed by atoms with van der Waals surface area (Å²) in [6.07, 6.45) is 3.10. The Bertz CT molecular complexity index is 471. The maximum Gasteiger partial charge on any atom is 0.0958 e. The molecule has 2 aromatic rings. The lowest BCUT2D eigenvalue weighted by Crippen LogP contribution is -2.14. The van der Waals surface area contributed by atoms with E-state index in [0.29, 0.717) is 0 Å². The number of aromatic nitrogens is 2. The van der Waals surface area contributed by atoms with Gasteiger partial charge in [-0.1, -0.05) is 6.07 Å². The van der Waals surface area contributed by atoms with Crippen LogP contribution in [0.1, 0.15) is 12.0 Å². The first-order chi connectivity index (χ1) is 7.66. The molecule has 0 saturated carbocycles. The number of benzene rings is 1. The third-order valence-electron chi connectivity index (χ3n) is 2.78. The zero-order valence-electron chi connectivity index (χ0n) is 10.3. The van der Waals surface area contributed by atoms with E-state index in [9.17, 15) is 0 Å². The van der Waals surface area contributed by atoms with Crippen LogP contribution in [0, 0.1) is 6.92 Å². The Labute approximate surface area is 96.7 Å². The number of rotatable bonds is 4. The van der Waals surface area contributed by atoms with Crippen LogP contribution in [0.15, 0.2) is 24.5 Å². The van der Waals surface area contributed by atoms with E-state index in [4.69, 9.17) is 0 Å². The molecule has 2 rings (SSSR count). The van der Waals surface area contributed by atoms with E-state index in [2.05, 4.69) is 53.7 Å². The third kappa shape index (κ3) is 2.42. The minimum absolute atomic E-state index is 1.04. The lowest BCUT2D eigenvalue weighted by atomic mass is 10.2. The predicted molar refractivity (Wildman–Crippen MR) is 67.6 cm³/mol. The number of hydrogen-bond acceptors (Lipinski definition) is 2. The van der Waals surface area contributed by atoms with Gasteiger partial charge in [-0.3, -0.25) is 0 Å². The second-order valence-electron chi connectivity index (χ2n) is 4.59. The van der Waals surface area contributed by atoms with Crippen LogP contribution in [-0.4, -0.2) is 35.1 Å². The highest BCUT2D eigenvalue weighted by molar-refractivity contribution is 5.75. The van der Waals surface area contributed by atoms with Crippen molar-refractivity contribution < 1.29 is 0 Å². The van der Waals surface area contributed by atoms with E-state index in [1.807, 2.05) is 6.33 Å². The van der Waals surface area contributed by atoms with Crippen molar-refractivity contribution in [1.29, 1.82) is 0 Å². The molecule has 16 heavy (non-hydrogen) atoms. The second-order valence-corrected chi connectivity index (χ2v) is 4.59. The third-order valence-corrected chi connectivity index (χ3v) is 2.78. The topological polar surface area (TPSA) is 21.1 Å². The minimum atomic E-state index is 1.04. The smallest absolute Gasteiger partial charge is 0.0958 e. The quantitative estimate of drug-likeness (QED) is 0.783. The van der Waals surface area contributed by atoms with Gasteiger partial charge in [0.15, 0.2) is 0 Å². The molecule has 1 heterocycles. The molecule has 0 N–H and O–H groups in total. The van der Waals surface area contributed by atoms with Crippen LogP contribution in [0.5, 0.6) is 0 Å². The van der Waals surface area contributed by atoms with E-state index in [0.717, 1.165) is 25.0 Å². The Morgan fingerprint density at radius 1 is 1.31 bits per heavy atom. The average molecular weight is 217 g/mol. The molecule has 0 saturated heterocycles. The van der Waals surface area contributed by atoms with Gasteiger partial charge in [0.2, 0.25) is 0 Å². The standard InChI is InChI=1S/C13H19N3/c1-11-5-6-12-13(9-11)16(10-14-12)8-4-7-15(2)3/h5-6,9-10H,4,7-8H2,1-3H3. The van der Waals surface area contributed by atoms with Crippen molar-refractivity contribution in [1.82, 2.24) is 14.5 Å². The molecule has 0 amide bonds. The monoisotopic (exact) mass is 217 g/mol. The molecule has 0 aliphatic heterocycles. The molecule has 0 unspecified atom stereocenters. The van der Waals surface area contributed by atoms with Gasteiger partial charge in [0, 0.05) is 6.54 Å². The van der Waals surface area contributed by atoms with Gasteiger partial charge in [-0.2, -0.15) is 0 Å². The lowest BCUT2D eigenvalue weighted by molar-refractivity contribution is 0.387. The fourth-order valence-electron chi connectivity index (χ4n) is 1.90. The number of nitrogens with zero attached hydrogens (tertiary/aromatic N) is 3. The van der Waals surface area contributed by atoms with Crippen molar-refractivity contribution in [3.05, 3.63) is 30.1 Å². The van der Waals surface area contributed by atoms with E-state index in [1.165, 1.54) is 11.1 Å². The van der Waals surface area contributed by atoms with Crippen LogP contribution in [0.4, 0.5) is 0 Å². The van der Waals surface area contributed by atoms with Gasteiger partial charge in [-0.05, 0) is 51.7 Å². The molecule has 0 aliphatic carbocycles. The van der Waals surface area contributed by atoms with Gasteiger partial charge >= 0.3 is 0 Å². The van der Waals surface area contributed by atoms with E-state index >= 15 is 0 Å². The van der Waals surface area contributed by atoms with Gasteiger partial charge in [0.05, 0.1) is 17.4 Å². The van der Waals surface area contributed by atoms with Crippen molar-refractivity contribution in [2.45, 2.75) is 19.9 Å². The van der Waals surface area contributed by atoms with Crippen molar-refractivity contribution in [3.8, 4) is 0 Å². The summed E-state index contributed by atoms with van der Waals surface area (Å²) >= 11 is 0. The molecule has 1 aromatic heterocycles. The summed E-state index contributed by atoms with van der Waals surface area (Å²) in [7, 11) is 4.21. The van der Waals surface area contributed by atoms with Crippen molar-refractivity contribution in [3.63, 3.8) is 0 Å². The summed E-state index contributed by atoms with van der Waals surface area (Å²) in [5, 5.41) is 0. The maximum atomic E-state index is 4.41. The van der Waals surface area contributed by atoms with E-state index < -0.39 is 0 Å². The molecule has 3 heteroatoms. The van der Waals surface area contributed by atoms with Gasteiger partial charge in [-0.25, -0.2) is 4.98 Å². The predicted octanol–water partition coefficient (Wildman–Crippen LogP) is 2.30. The molecule has 0 fully saturated rings. The summed E-state index contributed by atoms with van der Waals surface area (Å²) in [4.78, 5) is 6.62. The highest BCUT2D eigenvalue weighted by Gasteiger charge is 2.02. The highest BCUT2D eigenvalue weighted by Crippen LogP contribution is 2.14. The number of aryl methyl sites for hydroxylation is 2. The highest BCUT2D eigenvalue weighted by atomic mass is 15.1. The molecule has 0 bridgehead atoms. The zero-order valence-corrected chi connectivity index (χ0v) is 10.3. The molecule has 0 radical (unpaired) electrons. The summed E-state index contributed by atoms with van der Waals surface area (Å²) in [6, 6.07) is 6.41. The number of fused-ring (bicyclic) bond motifs is 1. The van der Waals surface area contributed by atoms with Crippen LogP contribution in [-0.2, 0) is 6.54 Å². The van der Waals surface area contributed by atoms with Gasteiger partial charge < -0.3 is 9.47 Å². The van der Waals surface area contributed by atoms with E-state index in [1.54, 1.807) is 0 Å². The van der Waals surface area contributed by atoms with E-state index in [-0.39, 0.29) is 0 Å². The van der Waals surface area contributed by atoms with Gasteiger partial charge in [0.1, 0.15) is 0 Å². The minimum Gasteiger partial charge on any atom is -0.331 e. The van der Waals surface area contributed by atoms with Gasteiger partial charge in [-0.15, -0.1) is 0 Å². The maximum absolute atomic E-state index is 4.41. The Hall–Kier alpha value is -1.35. The summed E-state index contributed by atoms with van der Waals surface area (Å²) in [5.41, 5.74) is 3.64. The van der Waals surface area contributed by atoms with Crippen molar-refractivity contribution in [2.24, 2.45) is 0 Å². The largest absolute Gasteiger partial charge is 0.331 e. The molecule has 0 atom stereocenters. The zero-order chi connectivity index (χ0) is 11.5. The van der Waals surface area contributed by atoms with Crippen LogP contribution < -0.4 is 0 Å². The van der Waals surface area contributed by atoms with Crippen LogP contribution in [0.3, 0.4) is 0 Å². The number of imidazole rings is 1. The van der Waals surface area contributed by atoms with Crippen LogP contribution in [0.2, 0.25) is 0 Å².